The van der Waals surface area contributed by atoms with Crippen molar-refractivity contribution in [1.29, 1.82) is 0 Å². The van der Waals surface area contributed by atoms with Gasteiger partial charge in [-0.15, -0.1) is 0 Å². The average molecular weight is 141 g/mol. The zero-order chi connectivity index (χ0) is 7.91. The summed E-state index contributed by atoms with van der Waals surface area (Å²) in [5.41, 5.74) is 4.50. The summed E-state index contributed by atoms with van der Waals surface area (Å²) in [5, 5.41) is 7.92. The molecule has 0 amide bonds. The van der Waals surface area contributed by atoms with Crippen LogP contribution in [0.2, 0.25) is 0 Å². The Labute approximate surface area is 53.7 Å². The third-order valence-corrected chi connectivity index (χ3v) is 0.551. The summed E-state index contributed by atoms with van der Waals surface area (Å²) in [6.07, 6.45) is -0.438. The molecule has 0 atom stereocenters. The Hall–Kier alpha value is -0.220. The minimum atomic E-state index is -2.70. The zero-order valence-corrected chi connectivity index (χ0v) is 5.69. The standard InChI is InChI=1S/C4H8F2O.CH5N/c1-4(5,6)2-3-7;1-2/h7H,2-3H2,1H3;2H2,1H3. The predicted octanol–water partition coefficient (Wildman–Crippen LogP) is 0.599. The molecule has 0 aromatic carbocycles. The van der Waals surface area contributed by atoms with Gasteiger partial charge in [0.25, 0.3) is 0 Å². The van der Waals surface area contributed by atoms with E-state index in [0.717, 1.165) is 6.92 Å². The van der Waals surface area contributed by atoms with Crippen molar-refractivity contribution >= 4 is 0 Å². The van der Waals surface area contributed by atoms with Crippen LogP contribution in [-0.4, -0.2) is 24.7 Å². The Morgan fingerprint density at radius 2 is 1.78 bits per heavy atom. The number of rotatable bonds is 2. The average Bonchev–Trinajstić information content (AvgIpc) is 1.69. The molecule has 0 spiro atoms. The lowest BCUT2D eigenvalue weighted by atomic mass is 10.3. The van der Waals surface area contributed by atoms with E-state index in [1.807, 2.05) is 0 Å². The summed E-state index contributed by atoms with van der Waals surface area (Å²) < 4.78 is 23.1. The van der Waals surface area contributed by atoms with E-state index in [0.29, 0.717) is 0 Å². The lowest BCUT2D eigenvalue weighted by Gasteiger charge is -2.04. The maximum Gasteiger partial charge on any atom is 0.247 e. The fourth-order valence-corrected chi connectivity index (χ4v) is 0.196. The Balaban J connectivity index is 0. The summed E-state index contributed by atoms with van der Waals surface area (Å²) >= 11 is 0. The largest absolute Gasteiger partial charge is 0.396 e. The van der Waals surface area contributed by atoms with Gasteiger partial charge in [0.15, 0.2) is 0 Å². The minimum Gasteiger partial charge on any atom is -0.396 e. The third kappa shape index (κ3) is 18.2. The van der Waals surface area contributed by atoms with Crippen molar-refractivity contribution in [2.24, 2.45) is 5.73 Å². The number of nitrogens with two attached hydrogens (primary N) is 1. The molecule has 0 saturated carbocycles. The molecule has 0 fully saturated rings. The molecule has 0 radical (unpaired) electrons. The zero-order valence-electron chi connectivity index (χ0n) is 5.69. The van der Waals surface area contributed by atoms with Gasteiger partial charge in [0.05, 0.1) is 0 Å². The smallest absolute Gasteiger partial charge is 0.247 e. The molecule has 58 valence electrons. The van der Waals surface area contributed by atoms with Crippen LogP contribution in [0.4, 0.5) is 8.78 Å². The molecule has 0 aliphatic carbocycles. The molecule has 0 aromatic rings. The van der Waals surface area contributed by atoms with Crippen molar-refractivity contribution in [2.45, 2.75) is 19.3 Å². The molecule has 0 rings (SSSR count). The van der Waals surface area contributed by atoms with E-state index < -0.39 is 19.0 Å². The summed E-state index contributed by atoms with van der Waals surface area (Å²) in [6.45, 7) is 0.340. The molecular formula is C5H13F2NO. The predicted molar refractivity (Wildman–Crippen MR) is 32.4 cm³/mol. The van der Waals surface area contributed by atoms with E-state index in [2.05, 4.69) is 5.73 Å². The molecule has 2 nitrogen and oxygen atoms in total. The van der Waals surface area contributed by atoms with Gasteiger partial charge < -0.3 is 10.8 Å². The Morgan fingerprint density at radius 3 is 1.78 bits per heavy atom. The second-order valence-corrected chi connectivity index (χ2v) is 1.54. The molecule has 0 aliphatic rings. The number of alkyl halides is 2. The van der Waals surface area contributed by atoms with Gasteiger partial charge in [-0.2, -0.15) is 0 Å². The number of halogens is 2. The highest BCUT2D eigenvalue weighted by molar-refractivity contribution is 4.54. The first kappa shape index (κ1) is 11.6. The molecule has 0 aromatic heterocycles. The van der Waals surface area contributed by atoms with Crippen LogP contribution in [0.5, 0.6) is 0 Å². The molecular weight excluding hydrogens is 128 g/mol. The maximum atomic E-state index is 11.6. The fraction of sp³-hybridized carbons (Fsp3) is 1.00. The van der Waals surface area contributed by atoms with E-state index in [4.69, 9.17) is 5.11 Å². The van der Waals surface area contributed by atoms with Crippen molar-refractivity contribution in [3.63, 3.8) is 0 Å². The fourth-order valence-electron chi connectivity index (χ4n) is 0.196. The molecule has 4 heteroatoms. The summed E-state index contributed by atoms with van der Waals surface area (Å²) in [5.74, 6) is -2.70. The molecule has 3 N–H and O–H groups in total. The molecule has 0 aliphatic heterocycles. The topological polar surface area (TPSA) is 46.2 Å². The van der Waals surface area contributed by atoms with E-state index in [1.54, 1.807) is 0 Å². The van der Waals surface area contributed by atoms with E-state index >= 15 is 0 Å². The normalized spacial score (nSPS) is 10.0. The van der Waals surface area contributed by atoms with Crippen LogP contribution in [-0.2, 0) is 0 Å². The molecule has 0 saturated heterocycles. The lowest BCUT2D eigenvalue weighted by molar-refractivity contribution is -0.00211. The van der Waals surface area contributed by atoms with E-state index in [-0.39, 0.29) is 0 Å². The van der Waals surface area contributed by atoms with Crippen molar-refractivity contribution in [2.75, 3.05) is 13.7 Å². The number of hydrogen-bond acceptors (Lipinski definition) is 2. The Bertz CT molecular complexity index is 53.4. The Morgan fingerprint density at radius 1 is 1.44 bits per heavy atom. The van der Waals surface area contributed by atoms with Gasteiger partial charge in [-0.05, 0) is 14.0 Å². The second kappa shape index (κ2) is 5.91. The van der Waals surface area contributed by atoms with E-state index in [9.17, 15) is 8.78 Å². The SMILES string of the molecule is CC(F)(F)CCO.CN. The van der Waals surface area contributed by atoms with E-state index in [1.165, 1.54) is 7.05 Å². The van der Waals surface area contributed by atoms with Gasteiger partial charge in [0, 0.05) is 13.0 Å². The first-order valence-electron chi connectivity index (χ1n) is 2.63. The van der Waals surface area contributed by atoms with Crippen molar-refractivity contribution < 1.29 is 13.9 Å². The van der Waals surface area contributed by atoms with Crippen molar-refractivity contribution in [3.8, 4) is 0 Å². The van der Waals surface area contributed by atoms with Gasteiger partial charge >= 0.3 is 0 Å². The monoisotopic (exact) mass is 141 g/mol. The van der Waals surface area contributed by atoms with Gasteiger partial charge in [-0.1, -0.05) is 0 Å². The third-order valence-electron chi connectivity index (χ3n) is 0.551. The number of aliphatic hydroxyl groups excluding tert-OH is 1. The first-order valence-corrected chi connectivity index (χ1v) is 2.63. The van der Waals surface area contributed by atoms with Crippen LogP contribution in [0.25, 0.3) is 0 Å². The van der Waals surface area contributed by atoms with Gasteiger partial charge in [0.2, 0.25) is 5.92 Å². The highest BCUT2D eigenvalue weighted by Crippen LogP contribution is 2.14. The van der Waals surface area contributed by atoms with Crippen LogP contribution in [0.3, 0.4) is 0 Å². The van der Waals surface area contributed by atoms with Crippen LogP contribution < -0.4 is 5.73 Å². The van der Waals surface area contributed by atoms with Crippen LogP contribution in [0.1, 0.15) is 13.3 Å². The Kier molecular flexibility index (Phi) is 7.59. The molecule has 0 bridgehead atoms. The lowest BCUT2D eigenvalue weighted by Crippen LogP contribution is -2.10. The highest BCUT2D eigenvalue weighted by Gasteiger charge is 2.18. The molecule has 0 unspecified atom stereocenters. The van der Waals surface area contributed by atoms with Gasteiger partial charge in [-0.25, -0.2) is 8.78 Å². The number of aliphatic hydroxyl groups is 1. The van der Waals surface area contributed by atoms with Crippen LogP contribution in [0.15, 0.2) is 0 Å². The van der Waals surface area contributed by atoms with Crippen LogP contribution in [0, 0.1) is 0 Å². The summed E-state index contributed by atoms with van der Waals surface area (Å²) in [4.78, 5) is 0. The number of hydrogen-bond donors (Lipinski definition) is 2. The first-order chi connectivity index (χ1) is 4.06. The van der Waals surface area contributed by atoms with Gasteiger partial charge in [0.1, 0.15) is 0 Å². The van der Waals surface area contributed by atoms with Crippen LogP contribution >= 0.6 is 0 Å². The highest BCUT2D eigenvalue weighted by atomic mass is 19.3. The summed E-state index contributed by atoms with van der Waals surface area (Å²) in [7, 11) is 1.50. The molecule has 9 heavy (non-hydrogen) atoms. The van der Waals surface area contributed by atoms with Gasteiger partial charge in [-0.3, -0.25) is 0 Å². The quantitative estimate of drug-likeness (QED) is 0.591. The summed E-state index contributed by atoms with van der Waals surface area (Å²) in [6, 6.07) is 0. The minimum absolute atomic E-state index is 0.438. The van der Waals surface area contributed by atoms with Crippen molar-refractivity contribution in [1.82, 2.24) is 0 Å². The molecule has 0 heterocycles. The van der Waals surface area contributed by atoms with Crippen molar-refractivity contribution in [3.05, 3.63) is 0 Å². The second-order valence-electron chi connectivity index (χ2n) is 1.54. The maximum absolute atomic E-state index is 11.6.